The van der Waals surface area contributed by atoms with Crippen LogP contribution in [0.5, 0.6) is 23.0 Å². The summed E-state index contributed by atoms with van der Waals surface area (Å²) in [5.41, 5.74) is 8.00. The van der Waals surface area contributed by atoms with Gasteiger partial charge >= 0.3 is 0 Å². The van der Waals surface area contributed by atoms with Gasteiger partial charge < -0.3 is 24.7 Å². The monoisotopic (exact) mass is 590 g/mol. The third kappa shape index (κ3) is 7.55. The first-order valence-corrected chi connectivity index (χ1v) is 13.3. The van der Waals surface area contributed by atoms with Gasteiger partial charge in [0.05, 0.1) is 38.1 Å². The number of methoxy groups -OCH3 is 3. The minimum atomic E-state index is -4.35. The molecule has 0 radical (unpaired) electrons. The summed E-state index contributed by atoms with van der Waals surface area (Å²) >= 11 is 6.17. The number of anilines is 1. The van der Waals surface area contributed by atoms with Crippen LogP contribution in [0, 0.1) is 0 Å². The Labute approximate surface area is 236 Å². The molecule has 12 nitrogen and oxygen atoms in total. The van der Waals surface area contributed by atoms with Crippen molar-refractivity contribution in [2.24, 2.45) is 10.8 Å². The number of halogens is 1. The minimum Gasteiger partial charge on any atom is -0.495 e. The van der Waals surface area contributed by atoms with Crippen LogP contribution in [0.2, 0.25) is 5.02 Å². The van der Waals surface area contributed by atoms with Gasteiger partial charge in [0, 0.05) is 11.1 Å². The maximum Gasteiger partial charge on any atom is 0.265 e. The summed E-state index contributed by atoms with van der Waals surface area (Å²) in [5, 5.41) is 4.13. The molecular formula is C26H27ClN4O8S. The molecule has 0 unspecified atom stereocenters. The fourth-order valence-corrected chi connectivity index (χ4v) is 5.02. The summed E-state index contributed by atoms with van der Waals surface area (Å²) in [5.74, 6) is -0.251. The molecule has 3 rings (SSSR count). The minimum absolute atomic E-state index is 0.0375. The summed E-state index contributed by atoms with van der Waals surface area (Å²) in [6.07, 6.45) is 1.35. The van der Waals surface area contributed by atoms with E-state index in [9.17, 15) is 18.0 Å². The molecule has 40 heavy (non-hydrogen) atoms. The third-order valence-electron chi connectivity index (χ3n) is 5.30. The number of hydrazone groups is 1. The molecular weight excluding hydrogens is 564 g/mol. The van der Waals surface area contributed by atoms with Gasteiger partial charge in [-0.1, -0.05) is 11.6 Å². The second kappa shape index (κ2) is 13.5. The van der Waals surface area contributed by atoms with Gasteiger partial charge in [0.1, 0.15) is 18.0 Å². The van der Waals surface area contributed by atoms with E-state index < -0.39 is 28.4 Å². The van der Waals surface area contributed by atoms with Crippen LogP contribution in [-0.2, 0) is 19.6 Å². The van der Waals surface area contributed by atoms with Crippen LogP contribution in [0.25, 0.3) is 0 Å². The zero-order valence-corrected chi connectivity index (χ0v) is 23.4. The predicted octanol–water partition coefficient (Wildman–Crippen LogP) is 2.58. The van der Waals surface area contributed by atoms with E-state index in [1.165, 1.54) is 63.9 Å². The summed E-state index contributed by atoms with van der Waals surface area (Å²) in [4.78, 5) is 23.6. The molecule has 0 aliphatic heterocycles. The van der Waals surface area contributed by atoms with E-state index in [0.29, 0.717) is 17.1 Å². The molecule has 3 aromatic carbocycles. The number of hydrogen-bond acceptors (Lipinski definition) is 9. The number of nitrogens with two attached hydrogens (primary N) is 1. The molecule has 0 heterocycles. The molecule has 0 atom stereocenters. The Morgan fingerprint density at radius 1 is 0.950 bits per heavy atom. The first-order valence-electron chi connectivity index (χ1n) is 11.5. The Kier molecular flexibility index (Phi) is 10.2. The number of carbonyl (C=O) groups excluding carboxylic acids is 2. The average Bonchev–Trinajstić information content (AvgIpc) is 2.94. The van der Waals surface area contributed by atoms with Gasteiger partial charge in [-0.3, -0.25) is 13.9 Å². The number of rotatable bonds is 13. The number of amides is 2. The van der Waals surface area contributed by atoms with Crippen LogP contribution in [0.4, 0.5) is 5.69 Å². The summed E-state index contributed by atoms with van der Waals surface area (Å²) in [7, 11) is -0.190. The second-order valence-corrected chi connectivity index (χ2v) is 10.3. The molecule has 3 aromatic rings. The predicted molar refractivity (Wildman–Crippen MR) is 149 cm³/mol. The highest BCUT2D eigenvalue weighted by Crippen LogP contribution is 2.36. The second-order valence-electron chi connectivity index (χ2n) is 7.96. The molecule has 0 bridgehead atoms. The lowest BCUT2D eigenvalue weighted by atomic mass is 10.2. The Morgan fingerprint density at radius 3 is 2.23 bits per heavy atom. The van der Waals surface area contributed by atoms with Gasteiger partial charge in [-0.15, -0.1) is 0 Å². The van der Waals surface area contributed by atoms with E-state index in [2.05, 4.69) is 10.5 Å². The number of benzene rings is 3. The van der Waals surface area contributed by atoms with Crippen molar-refractivity contribution < 1.29 is 37.0 Å². The van der Waals surface area contributed by atoms with Crippen molar-refractivity contribution in [3.8, 4) is 23.0 Å². The van der Waals surface area contributed by atoms with Crippen molar-refractivity contribution in [1.29, 1.82) is 0 Å². The highest BCUT2D eigenvalue weighted by molar-refractivity contribution is 7.92. The average molecular weight is 591 g/mol. The van der Waals surface area contributed by atoms with Crippen LogP contribution in [0.1, 0.15) is 5.56 Å². The van der Waals surface area contributed by atoms with Crippen LogP contribution < -0.4 is 34.4 Å². The lowest BCUT2D eigenvalue weighted by Crippen LogP contribution is -2.39. The van der Waals surface area contributed by atoms with Crippen LogP contribution >= 0.6 is 11.6 Å². The molecule has 0 saturated carbocycles. The number of carbonyl (C=O) groups is 2. The number of primary amides is 1. The summed E-state index contributed by atoms with van der Waals surface area (Å²) in [6, 6.07) is 14.9. The van der Waals surface area contributed by atoms with E-state index in [0.717, 1.165) is 4.31 Å². The van der Waals surface area contributed by atoms with Gasteiger partial charge in [0.15, 0.2) is 18.1 Å². The Morgan fingerprint density at radius 2 is 1.60 bits per heavy atom. The van der Waals surface area contributed by atoms with E-state index >= 15 is 0 Å². The van der Waals surface area contributed by atoms with Crippen LogP contribution in [0.15, 0.2) is 70.7 Å². The standard InChI is InChI=1S/C26H27ClN4O8S/c1-36-22-10-6-18(27)12-21(22)31(40(34,35)20-9-11-23(37-2)24(13-20)38-3)15-26(33)30-29-14-17-4-7-19(8-5-17)39-16-25(28)32/h4-14H,15-16H2,1-3H3,(H2,28,32)(H,30,33)/b29-14-. The Bertz CT molecular complexity index is 1500. The fraction of sp³-hybridized carbons (Fsp3) is 0.192. The van der Waals surface area contributed by atoms with Crippen LogP contribution in [0.3, 0.4) is 0 Å². The largest absolute Gasteiger partial charge is 0.495 e. The number of ether oxygens (including phenoxy) is 4. The van der Waals surface area contributed by atoms with Gasteiger partial charge in [0.25, 0.3) is 21.8 Å². The van der Waals surface area contributed by atoms with Crippen molar-refractivity contribution in [3.05, 3.63) is 71.2 Å². The summed E-state index contributed by atoms with van der Waals surface area (Å²) < 4.78 is 49.5. The molecule has 3 N–H and O–H groups in total. The van der Waals surface area contributed by atoms with Crippen molar-refractivity contribution in [3.63, 3.8) is 0 Å². The number of nitrogens with one attached hydrogen (secondary N) is 1. The SMILES string of the molecule is COc1ccc(S(=O)(=O)N(CC(=O)N/N=C\c2ccc(OCC(N)=O)cc2)c2cc(Cl)ccc2OC)cc1OC. The normalized spacial score (nSPS) is 11.1. The van der Waals surface area contributed by atoms with Gasteiger partial charge in [-0.2, -0.15) is 5.10 Å². The maximum atomic E-state index is 13.8. The van der Waals surface area contributed by atoms with Crippen molar-refractivity contribution >= 4 is 45.3 Å². The zero-order chi connectivity index (χ0) is 29.3. The zero-order valence-electron chi connectivity index (χ0n) is 21.8. The summed E-state index contributed by atoms with van der Waals surface area (Å²) in [6.45, 7) is -0.922. The van der Waals surface area contributed by atoms with E-state index in [-0.39, 0.29) is 33.7 Å². The van der Waals surface area contributed by atoms with Gasteiger partial charge in [-0.25, -0.2) is 13.8 Å². The number of hydrogen-bond donors (Lipinski definition) is 2. The Hall–Kier alpha value is -4.49. The van der Waals surface area contributed by atoms with E-state index in [1.54, 1.807) is 24.3 Å². The lowest BCUT2D eigenvalue weighted by Gasteiger charge is -2.25. The van der Waals surface area contributed by atoms with Crippen molar-refractivity contribution in [2.75, 3.05) is 38.8 Å². The molecule has 2 amide bonds. The van der Waals surface area contributed by atoms with Crippen molar-refractivity contribution in [1.82, 2.24) is 5.43 Å². The molecule has 0 spiro atoms. The lowest BCUT2D eigenvalue weighted by molar-refractivity contribution is -0.120. The molecule has 0 fully saturated rings. The van der Waals surface area contributed by atoms with Gasteiger partial charge in [-0.05, 0) is 60.2 Å². The fourth-order valence-electron chi connectivity index (χ4n) is 3.41. The molecule has 0 aromatic heterocycles. The molecule has 0 aliphatic carbocycles. The highest BCUT2D eigenvalue weighted by Gasteiger charge is 2.30. The third-order valence-corrected chi connectivity index (χ3v) is 7.29. The van der Waals surface area contributed by atoms with E-state index in [4.69, 9.17) is 36.3 Å². The first-order chi connectivity index (χ1) is 19.1. The quantitative estimate of drug-likeness (QED) is 0.227. The van der Waals surface area contributed by atoms with E-state index in [1.807, 2.05) is 0 Å². The number of sulfonamides is 1. The molecule has 0 aliphatic rings. The smallest absolute Gasteiger partial charge is 0.265 e. The molecule has 212 valence electrons. The Balaban J connectivity index is 1.87. The molecule has 0 saturated heterocycles. The van der Waals surface area contributed by atoms with Crippen LogP contribution in [-0.4, -0.2) is 60.9 Å². The molecule has 14 heteroatoms. The van der Waals surface area contributed by atoms with Crippen molar-refractivity contribution in [2.45, 2.75) is 4.90 Å². The topological polar surface area (TPSA) is 159 Å². The first kappa shape index (κ1) is 30.1. The van der Waals surface area contributed by atoms with Gasteiger partial charge in [0.2, 0.25) is 0 Å². The highest BCUT2D eigenvalue weighted by atomic mass is 35.5. The number of nitrogens with zero attached hydrogens (tertiary/aromatic N) is 2. The maximum absolute atomic E-state index is 13.8.